The van der Waals surface area contributed by atoms with Crippen molar-refractivity contribution in [3.05, 3.63) is 23.3 Å². The van der Waals surface area contributed by atoms with Crippen LogP contribution in [0.5, 0.6) is 5.75 Å². The van der Waals surface area contributed by atoms with Crippen molar-refractivity contribution >= 4 is 17.7 Å². The van der Waals surface area contributed by atoms with Crippen LogP contribution in [0.3, 0.4) is 0 Å². The Morgan fingerprint density at radius 2 is 1.88 bits per heavy atom. The van der Waals surface area contributed by atoms with Crippen molar-refractivity contribution in [1.29, 1.82) is 5.26 Å². The smallest absolute Gasteiger partial charge is 0.466 e. The number of esters is 1. The topological polar surface area (TPSA) is 59.3 Å². The Morgan fingerprint density at radius 1 is 1.25 bits per heavy atom. The van der Waals surface area contributed by atoms with Crippen molar-refractivity contribution in [2.45, 2.75) is 30.1 Å². The molecule has 132 valence electrons. The van der Waals surface area contributed by atoms with E-state index in [1.807, 2.05) is 0 Å². The first-order valence-corrected chi connectivity index (χ1v) is 7.01. The van der Waals surface area contributed by atoms with Gasteiger partial charge in [-0.25, -0.2) is 0 Å². The Kier molecular flexibility index (Phi) is 6.36. The molecule has 0 aliphatic heterocycles. The molecule has 0 bridgehead atoms. The summed E-state index contributed by atoms with van der Waals surface area (Å²) in [5.74, 6) is -2.13. The van der Waals surface area contributed by atoms with Gasteiger partial charge >= 0.3 is 17.8 Å². The lowest BCUT2D eigenvalue weighted by atomic mass is 10.0. The molecule has 4 nitrogen and oxygen atoms in total. The number of carbonyl (C=O) groups is 1. The summed E-state index contributed by atoms with van der Waals surface area (Å²) in [6.07, 6.45) is -6.04. The minimum Gasteiger partial charge on any atom is -0.466 e. The van der Waals surface area contributed by atoms with E-state index >= 15 is 0 Å². The Morgan fingerprint density at radius 3 is 2.33 bits per heavy atom. The van der Waals surface area contributed by atoms with Crippen LogP contribution in [0.2, 0.25) is 0 Å². The average Bonchev–Trinajstić information content (AvgIpc) is 2.40. The molecule has 0 atom stereocenters. The third kappa shape index (κ3) is 6.19. The summed E-state index contributed by atoms with van der Waals surface area (Å²) in [6.45, 7) is 1.36. The zero-order valence-corrected chi connectivity index (χ0v) is 12.7. The number of hydrogen-bond acceptors (Lipinski definition) is 5. The molecule has 0 heterocycles. The third-order valence-corrected chi connectivity index (χ3v) is 3.30. The molecule has 0 saturated carbocycles. The molecule has 0 aliphatic carbocycles. The van der Waals surface area contributed by atoms with Crippen LogP contribution in [-0.4, -0.2) is 24.4 Å². The third-order valence-electron chi connectivity index (χ3n) is 2.41. The SMILES string of the molecule is CCOC(=O)Cc1c(C#N)ccc(OC(F)(F)F)c1SC(F)(F)F. The zero-order valence-electron chi connectivity index (χ0n) is 11.9. The van der Waals surface area contributed by atoms with Gasteiger partial charge in [0, 0.05) is 0 Å². The number of thioether (sulfide) groups is 1. The van der Waals surface area contributed by atoms with Crippen LogP contribution < -0.4 is 4.74 Å². The largest absolute Gasteiger partial charge is 0.573 e. The molecular formula is C13H9F6NO3S. The van der Waals surface area contributed by atoms with Gasteiger partial charge in [-0.05, 0) is 36.4 Å². The number of nitrogens with zero attached hydrogens (tertiary/aromatic N) is 1. The van der Waals surface area contributed by atoms with Gasteiger partial charge in [-0.2, -0.15) is 18.4 Å². The number of carbonyl (C=O) groups excluding carboxylic acids is 1. The number of alkyl halides is 6. The van der Waals surface area contributed by atoms with Crippen molar-refractivity contribution in [1.82, 2.24) is 0 Å². The number of rotatable bonds is 5. The Hall–Kier alpha value is -2.09. The van der Waals surface area contributed by atoms with Crippen LogP contribution in [0, 0.1) is 11.3 Å². The van der Waals surface area contributed by atoms with Gasteiger partial charge in [-0.1, -0.05) is 0 Å². The summed E-state index contributed by atoms with van der Waals surface area (Å²) in [6, 6.07) is 2.97. The number of halogens is 6. The van der Waals surface area contributed by atoms with Gasteiger partial charge in [0.1, 0.15) is 5.75 Å². The summed E-state index contributed by atoms with van der Waals surface area (Å²) in [5.41, 5.74) is -5.88. The standard InChI is InChI=1S/C13H9F6NO3S/c1-2-22-10(21)5-8-7(6-20)3-4-9(23-12(14,15)16)11(8)24-13(17,18)19/h3-4H,2,5H2,1H3. The number of ether oxygens (including phenoxy) is 2. The molecule has 1 aromatic rings. The van der Waals surface area contributed by atoms with Crippen molar-refractivity contribution < 1.29 is 40.6 Å². The number of hydrogen-bond donors (Lipinski definition) is 0. The fourth-order valence-electron chi connectivity index (χ4n) is 1.68. The monoisotopic (exact) mass is 373 g/mol. The lowest BCUT2D eigenvalue weighted by molar-refractivity contribution is -0.275. The average molecular weight is 373 g/mol. The van der Waals surface area contributed by atoms with E-state index in [2.05, 4.69) is 9.47 Å². The van der Waals surface area contributed by atoms with E-state index in [1.165, 1.54) is 13.0 Å². The van der Waals surface area contributed by atoms with Gasteiger partial charge in [0.05, 0.1) is 29.6 Å². The van der Waals surface area contributed by atoms with E-state index in [-0.39, 0.29) is 12.2 Å². The van der Waals surface area contributed by atoms with Crippen LogP contribution in [0.25, 0.3) is 0 Å². The maximum atomic E-state index is 12.7. The molecule has 0 aliphatic rings. The Labute approximate surface area is 136 Å². The van der Waals surface area contributed by atoms with Crippen LogP contribution >= 0.6 is 11.8 Å². The maximum absolute atomic E-state index is 12.7. The fourth-order valence-corrected chi connectivity index (χ4v) is 2.42. The molecule has 0 amide bonds. The molecule has 0 N–H and O–H groups in total. The van der Waals surface area contributed by atoms with E-state index < -0.39 is 52.2 Å². The molecular weight excluding hydrogens is 364 g/mol. The molecule has 1 rings (SSSR count). The van der Waals surface area contributed by atoms with Crippen molar-refractivity contribution in [2.24, 2.45) is 0 Å². The summed E-state index contributed by atoms with van der Waals surface area (Å²) in [5, 5.41) is 8.95. The molecule has 1 aromatic carbocycles. The van der Waals surface area contributed by atoms with E-state index in [9.17, 15) is 31.1 Å². The highest BCUT2D eigenvalue weighted by Gasteiger charge is 2.37. The molecule has 11 heteroatoms. The van der Waals surface area contributed by atoms with Gasteiger partial charge in [-0.15, -0.1) is 13.2 Å². The Balaban J connectivity index is 3.46. The lowest BCUT2D eigenvalue weighted by Crippen LogP contribution is -2.19. The molecule has 0 aromatic heterocycles. The summed E-state index contributed by atoms with van der Waals surface area (Å²) in [4.78, 5) is 10.5. The number of nitriles is 1. The first-order valence-electron chi connectivity index (χ1n) is 6.20. The van der Waals surface area contributed by atoms with Crippen LogP contribution in [-0.2, 0) is 16.0 Å². The highest BCUT2D eigenvalue weighted by atomic mass is 32.2. The molecule has 24 heavy (non-hydrogen) atoms. The van der Waals surface area contributed by atoms with E-state index in [1.54, 1.807) is 0 Å². The van der Waals surface area contributed by atoms with E-state index in [4.69, 9.17) is 5.26 Å². The molecule has 0 fully saturated rings. The Bertz CT molecular complexity index is 651. The van der Waals surface area contributed by atoms with E-state index in [0.29, 0.717) is 6.07 Å². The van der Waals surface area contributed by atoms with Crippen LogP contribution in [0.4, 0.5) is 26.3 Å². The minimum absolute atomic E-state index is 0.0821. The first-order chi connectivity index (χ1) is 11.0. The lowest BCUT2D eigenvalue weighted by Gasteiger charge is -2.18. The van der Waals surface area contributed by atoms with Crippen LogP contribution in [0.1, 0.15) is 18.1 Å². The summed E-state index contributed by atoms with van der Waals surface area (Å²) >= 11 is -0.900. The fraction of sp³-hybridized carbons (Fsp3) is 0.385. The maximum Gasteiger partial charge on any atom is 0.573 e. The second kappa shape index (κ2) is 7.65. The highest BCUT2D eigenvalue weighted by molar-refractivity contribution is 8.00. The highest BCUT2D eigenvalue weighted by Crippen LogP contribution is 2.45. The van der Waals surface area contributed by atoms with Crippen LogP contribution in [0.15, 0.2) is 17.0 Å². The molecule has 0 radical (unpaired) electrons. The number of benzene rings is 1. The van der Waals surface area contributed by atoms with E-state index in [0.717, 1.165) is 6.07 Å². The second-order valence-electron chi connectivity index (χ2n) is 4.11. The second-order valence-corrected chi connectivity index (χ2v) is 5.18. The van der Waals surface area contributed by atoms with Gasteiger partial charge in [0.2, 0.25) is 0 Å². The quantitative estimate of drug-likeness (QED) is 0.440. The van der Waals surface area contributed by atoms with Gasteiger partial charge in [0.15, 0.2) is 0 Å². The molecule has 0 spiro atoms. The zero-order chi connectivity index (χ0) is 18.5. The minimum atomic E-state index is -5.24. The predicted octanol–water partition coefficient (Wildman–Crippen LogP) is 4.17. The molecule has 0 unspecified atom stereocenters. The van der Waals surface area contributed by atoms with Crippen molar-refractivity contribution in [3.63, 3.8) is 0 Å². The summed E-state index contributed by atoms with van der Waals surface area (Å²) in [7, 11) is 0. The summed E-state index contributed by atoms with van der Waals surface area (Å²) < 4.78 is 83.3. The van der Waals surface area contributed by atoms with Crippen molar-refractivity contribution in [3.8, 4) is 11.8 Å². The normalized spacial score (nSPS) is 11.8. The van der Waals surface area contributed by atoms with Gasteiger partial charge < -0.3 is 9.47 Å². The first kappa shape index (κ1) is 20.0. The molecule has 0 saturated heterocycles. The predicted molar refractivity (Wildman–Crippen MR) is 70.1 cm³/mol. The van der Waals surface area contributed by atoms with Gasteiger partial charge in [-0.3, -0.25) is 4.79 Å². The van der Waals surface area contributed by atoms with Gasteiger partial charge in [0.25, 0.3) is 0 Å². The van der Waals surface area contributed by atoms with Crippen molar-refractivity contribution in [2.75, 3.05) is 6.61 Å².